The van der Waals surface area contributed by atoms with Crippen LogP contribution in [0.15, 0.2) is 36.5 Å². The summed E-state index contributed by atoms with van der Waals surface area (Å²) in [5.41, 5.74) is 1.98. The fourth-order valence-corrected chi connectivity index (χ4v) is 2.67. The summed E-state index contributed by atoms with van der Waals surface area (Å²) >= 11 is 0. The van der Waals surface area contributed by atoms with Crippen molar-refractivity contribution < 1.29 is 9.90 Å². The van der Waals surface area contributed by atoms with Gasteiger partial charge in [-0.2, -0.15) is 5.26 Å². The number of hydrogen-bond acceptors (Lipinski definition) is 3. The van der Waals surface area contributed by atoms with Crippen molar-refractivity contribution in [2.24, 2.45) is 5.92 Å². The molecule has 5 heteroatoms. The van der Waals surface area contributed by atoms with Crippen LogP contribution in [-0.2, 0) is 11.3 Å². The lowest BCUT2D eigenvalue weighted by Gasteiger charge is -2.16. The van der Waals surface area contributed by atoms with Gasteiger partial charge in [0, 0.05) is 41.8 Å². The molecule has 0 aliphatic heterocycles. The summed E-state index contributed by atoms with van der Waals surface area (Å²) in [5, 5.41) is 22.5. The molecule has 0 bridgehead atoms. The van der Waals surface area contributed by atoms with Gasteiger partial charge in [0.2, 0.25) is 5.91 Å². The molecule has 1 aromatic heterocycles. The number of benzene rings is 1. The number of nitrogens with zero attached hydrogens (tertiary/aromatic N) is 2. The molecule has 0 radical (unpaired) electrons. The minimum absolute atomic E-state index is 0.155. The van der Waals surface area contributed by atoms with E-state index in [1.807, 2.05) is 48.9 Å². The summed E-state index contributed by atoms with van der Waals surface area (Å²) in [4.78, 5) is 12.0. The first kappa shape index (κ1) is 18.8. The molecule has 1 heterocycles. The van der Waals surface area contributed by atoms with E-state index >= 15 is 0 Å². The Labute approximate surface area is 148 Å². The highest BCUT2D eigenvalue weighted by Gasteiger charge is 2.12. The van der Waals surface area contributed by atoms with Gasteiger partial charge in [-0.15, -0.1) is 0 Å². The highest BCUT2D eigenvalue weighted by atomic mass is 16.3. The Hall–Kier alpha value is -2.58. The standard InChI is InChI=1S/C20H25N3O2/c1-3-15(2)19(24)13-22-20(25)10-9-16-14-23(12-6-11-21)18-8-5-4-7-17(16)18/h4-5,7-10,14-15,19,24H,3,6,12-13H2,1-2H3,(H,22,25)/b10-9+. The second kappa shape index (κ2) is 9.05. The molecule has 1 aromatic carbocycles. The number of aliphatic hydroxyl groups is 1. The largest absolute Gasteiger partial charge is 0.391 e. The highest BCUT2D eigenvalue weighted by molar-refractivity contribution is 5.96. The zero-order valence-electron chi connectivity index (χ0n) is 14.8. The van der Waals surface area contributed by atoms with E-state index in [2.05, 4.69) is 11.4 Å². The van der Waals surface area contributed by atoms with Gasteiger partial charge in [-0.25, -0.2) is 0 Å². The van der Waals surface area contributed by atoms with E-state index in [-0.39, 0.29) is 18.4 Å². The molecule has 5 nitrogen and oxygen atoms in total. The zero-order chi connectivity index (χ0) is 18.2. The number of para-hydroxylation sites is 1. The van der Waals surface area contributed by atoms with E-state index < -0.39 is 6.10 Å². The van der Waals surface area contributed by atoms with Gasteiger partial charge in [0.1, 0.15) is 0 Å². The molecule has 2 unspecified atom stereocenters. The summed E-state index contributed by atoms with van der Waals surface area (Å²) in [6, 6.07) is 10.1. The molecule has 0 aliphatic rings. The van der Waals surface area contributed by atoms with Crippen molar-refractivity contribution in [3.05, 3.63) is 42.1 Å². The number of nitrogens with one attached hydrogen (secondary N) is 1. The van der Waals surface area contributed by atoms with Gasteiger partial charge in [0.05, 0.1) is 18.6 Å². The highest BCUT2D eigenvalue weighted by Crippen LogP contribution is 2.22. The third-order valence-electron chi connectivity index (χ3n) is 4.48. The number of rotatable bonds is 8. The molecule has 2 rings (SSSR count). The van der Waals surface area contributed by atoms with Gasteiger partial charge >= 0.3 is 0 Å². The normalized spacial score (nSPS) is 13.7. The zero-order valence-corrected chi connectivity index (χ0v) is 14.8. The first-order valence-corrected chi connectivity index (χ1v) is 8.65. The van der Waals surface area contributed by atoms with Crippen LogP contribution in [0, 0.1) is 17.2 Å². The molecule has 2 N–H and O–H groups in total. The van der Waals surface area contributed by atoms with Gasteiger partial charge in [-0.1, -0.05) is 38.5 Å². The summed E-state index contributed by atoms with van der Waals surface area (Å²) in [5.74, 6) is -0.0707. The average molecular weight is 339 g/mol. The van der Waals surface area contributed by atoms with E-state index in [9.17, 15) is 9.90 Å². The molecule has 2 atom stereocenters. The Morgan fingerprint density at radius 1 is 1.44 bits per heavy atom. The molecule has 0 aliphatic carbocycles. The van der Waals surface area contributed by atoms with Gasteiger partial charge in [-0.3, -0.25) is 4.79 Å². The molecule has 2 aromatic rings. The van der Waals surface area contributed by atoms with Crippen LogP contribution >= 0.6 is 0 Å². The smallest absolute Gasteiger partial charge is 0.244 e. The van der Waals surface area contributed by atoms with Crippen LogP contribution in [0.1, 0.15) is 32.3 Å². The van der Waals surface area contributed by atoms with Crippen LogP contribution in [0.2, 0.25) is 0 Å². The average Bonchev–Trinajstić information content (AvgIpc) is 2.99. The van der Waals surface area contributed by atoms with E-state index in [4.69, 9.17) is 5.26 Å². The number of carbonyl (C=O) groups excluding carboxylic acids is 1. The van der Waals surface area contributed by atoms with E-state index in [1.54, 1.807) is 6.08 Å². The fourth-order valence-electron chi connectivity index (χ4n) is 2.67. The van der Waals surface area contributed by atoms with E-state index in [0.29, 0.717) is 13.0 Å². The van der Waals surface area contributed by atoms with Crippen molar-refractivity contribution in [2.45, 2.75) is 39.3 Å². The van der Waals surface area contributed by atoms with Crippen LogP contribution in [-0.4, -0.2) is 28.2 Å². The summed E-state index contributed by atoms with van der Waals surface area (Å²) < 4.78 is 2.03. The van der Waals surface area contributed by atoms with Crippen molar-refractivity contribution in [2.75, 3.05) is 6.54 Å². The van der Waals surface area contributed by atoms with E-state index in [1.165, 1.54) is 6.08 Å². The van der Waals surface area contributed by atoms with Crippen LogP contribution in [0.4, 0.5) is 0 Å². The second-order valence-electron chi connectivity index (χ2n) is 6.23. The van der Waals surface area contributed by atoms with Crippen LogP contribution in [0.5, 0.6) is 0 Å². The number of carbonyl (C=O) groups is 1. The topological polar surface area (TPSA) is 78.0 Å². The Morgan fingerprint density at radius 2 is 2.20 bits per heavy atom. The minimum Gasteiger partial charge on any atom is -0.391 e. The maximum atomic E-state index is 12.0. The van der Waals surface area contributed by atoms with Crippen LogP contribution < -0.4 is 5.32 Å². The van der Waals surface area contributed by atoms with Gasteiger partial charge in [0.25, 0.3) is 0 Å². The monoisotopic (exact) mass is 339 g/mol. The van der Waals surface area contributed by atoms with Crippen molar-refractivity contribution in [1.82, 2.24) is 9.88 Å². The Bertz CT molecular complexity index is 786. The minimum atomic E-state index is -0.532. The summed E-state index contributed by atoms with van der Waals surface area (Å²) in [6.45, 7) is 4.85. The van der Waals surface area contributed by atoms with Gasteiger partial charge in [-0.05, 0) is 18.1 Å². The molecule has 1 amide bonds. The van der Waals surface area contributed by atoms with Crippen molar-refractivity contribution in [3.63, 3.8) is 0 Å². The molecule has 0 saturated heterocycles. The third kappa shape index (κ3) is 4.94. The first-order valence-electron chi connectivity index (χ1n) is 8.65. The molecule has 25 heavy (non-hydrogen) atoms. The summed E-state index contributed by atoms with van der Waals surface area (Å²) in [6.07, 6.45) is 6.00. The molecular weight excluding hydrogens is 314 g/mol. The number of aryl methyl sites for hydroxylation is 1. The number of aromatic nitrogens is 1. The number of nitriles is 1. The maximum absolute atomic E-state index is 12.0. The number of amides is 1. The van der Waals surface area contributed by atoms with Crippen LogP contribution in [0.3, 0.4) is 0 Å². The Morgan fingerprint density at radius 3 is 2.92 bits per heavy atom. The van der Waals surface area contributed by atoms with Crippen molar-refractivity contribution in [1.29, 1.82) is 5.26 Å². The van der Waals surface area contributed by atoms with Gasteiger partial charge < -0.3 is 15.0 Å². The lowest BCUT2D eigenvalue weighted by Crippen LogP contribution is -2.34. The SMILES string of the molecule is CCC(C)C(O)CNC(=O)/C=C/c1cn(CCC#N)c2ccccc12. The maximum Gasteiger partial charge on any atom is 0.244 e. The lowest BCUT2D eigenvalue weighted by atomic mass is 10.0. The lowest BCUT2D eigenvalue weighted by molar-refractivity contribution is -0.117. The first-order chi connectivity index (χ1) is 12.1. The Kier molecular flexibility index (Phi) is 6.79. The number of hydrogen-bond donors (Lipinski definition) is 2. The molecular formula is C20H25N3O2. The molecule has 0 fully saturated rings. The molecule has 0 spiro atoms. The molecule has 132 valence electrons. The summed E-state index contributed by atoms with van der Waals surface area (Å²) in [7, 11) is 0. The predicted octanol–water partition coefficient (Wildman–Crippen LogP) is 3.09. The number of fused-ring (bicyclic) bond motifs is 1. The van der Waals surface area contributed by atoms with E-state index in [0.717, 1.165) is 22.9 Å². The Balaban J connectivity index is 2.08. The van der Waals surface area contributed by atoms with Crippen LogP contribution in [0.25, 0.3) is 17.0 Å². The quantitative estimate of drug-likeness (QED) is 0.726. The fraction of sp³-hybridized carbons (Fsp3) is 0.400. The second-order valence-corrected chi connectivity index (χ2v) is 6.23. The van der Waals surface area contributed by atoms with Crippen molar-refractivity contribution >= 4 is 22.9 Å². The molecule has 0 saturated carbocycles. The number of aliphatic hydroxyl groups excluding tert-OH is 1. The van der Waals surface area contributed by atoms with Crippen molar-refractivity contribution in [3.8, 4) is 6.07 Å². The van der Waals surface area contributed by atoms with Gasteiger partial charge in [0.15, 0.2) is 0 Å². The third-order valence-corrected chi connectivity index (χ3v) is 4.48. The predicted molar refractivity (Wildman–Crippen MR) is 99.7 cm³/mol.